The van der Waals surface area contributed by atoms with E-state index < -0.39 is 0 Å². The summed E-state index contributed by atoms with van der Waals surface area (Å²) < 4.78 is 5.78. The summed E-state index contributed by atoms with van der Waals surface area (Å²) in [5.41, 5.74) is 2.38. The second-order valence-corrected chi connectivity index (χ2v) is 5.83. The van der Waals surface area contributed by atoms with Crippen LogP contribution < -0.4 is 5.32 Å². The average molecular weight is 289 g/mol. The third-order valence-corrected chi connectivity index (χ3v) is 4.09. The fourth-order valence-electron chi connectivity index (χ4n) is 2.75. The molecule has 1 aromatic carbocycles. The van der Waals surface area contributed by atoms with Gasteiger partial charge in [-0.25, -0.2) is 0 Å². The molecule has 0 saturated heterocycles. The van der Waals surface area contributed by atoms with Crippen LogP contribution in [0.15, 0.2) is 24.3 Å². The van der Waals surface area contributed by atoms with Crippen molar-refractivity contribution in [2.75, 3.05) is 13.2 Å². The molecule has 3 heteroatoms. The lowest BCUT2D eigenvalue weighted by Gasteiger charge is -2.11. The van der Waals surface area contributed by atoms with Gasteiger partial charge in [0.15, 0.2) is 0 Å². The van der Waals surface area contributed by atoms with Crippen molar-refractivity contribution < 1.29 is 9.53 Å². The summed E-state index contributed by atoms with van der Waals surface area (Å²) in [5, 5.41) is 2.97. The van der Waals surface area contributed by atoms with Gasteiger partial charge in [-0.15, -0.1) is 0 Å². The monoisotopic (exact) mass is 289 g/mol. The summed E-state index contributed by atoms with van der Waals surface area (Å²) in [6.07, 6.45) is 7.90. The summed E-state index contributed by atoms with van der Waals surface area (Å²) >= 11 is 0. The molecule has 1 aliphatic carbocycles. The molecule has 0 unspecified atom stereocenters. The smallest absolute Gasteiger partial charge is 0.224 e. The summed E-state index contributed by atoms with van der Waals surface area (Å²) in [6, 6.07) is 8.28. The zero-order valence-corrected chi connectivity index (χ0v) is 13.1. The molecule has 116 valence electrons. The Morgan fingerprint density at radius 3 is 2.52 bits per heavy atom. The van der Waals surface area contributed by atoms with Gasteiger partial charge in [-0.1, -0.05) is 44.0 Å². The Balaban J connectivity index is 1.56. The van der Waals surface area contributed by atoms with E-state index in [0.717, 1.165) is 25.0 Å². The van der Waals surface area contributed by atoms with E-state index in [9.17, 15) is 4.79 Å². The fourth-order valence-corrected chi connectivity index (χ4v) is 2.75. The van der Waals surface area contributed by atoms with Gasteiger partial charge in [-0.3, -0.25) is 4.79 Å². The molecule has 0 aliphatic heterocycles. The zero-order valence-electron chi connectivity index (χ0n) is 13.1. The lowest BCUT2D eigenvalue weighted by Crippen LogP contribution is -2.27. The molecule has 1 aliphatic rings. The first-order valence-corrected chi connectivity index (χ1v) is 8.24. The van der Waals surface area contributed by atoms with Gasteiger partial charge in [-0.2, -0.15) is 0 Å². The third kappa shape index (κ3) is 5.88. The predicted molar refractivity (Wildman–Crippen MR) is 85.4 cm³/mol. The van der Waals surface area contributed by atoms with Gasteiger partial charge >= 0.3 is 0 Å². The number of ether oxygens (including phenoxy) is 1. The lowest BCUT2D eigenvalue weighted by atomic mass is 10.1. The molecular formula is C18H27NO2. The molecule has 0 spiro atoms. The number of hydrogen-bond acceptors (Lipinski definition) is 2. The van der Waals surface area contributed by atoms with Crippen molar-refractivity contribution in [1.82, 2.24) is 5.32 Å². The molecule has 1 fully saturated rings. The molecule has 3 nitrogen and oxygen atoms in total. The van der Waals surface area contributed by atoms with Crippen molar-refractivity contribution in [3.8, 4) is 0 Å². The topological polar surface area (TPSA) is 38.3 Å². The first-order valence-electron chi connectivity index (χ1n) is 8.24. The Labute approximate surface area is 128 Å². The molecule has 21 heavy (non-hydrogen) atoms. The van der Waals surface area contributed by atoms with Gasteiger partial charge in [0.25, 0.3) is 0 Å². The number of aryl methyl sites for hydroxylation is 1. The Hall–Kier alpha value is -1.35. The zero-order chi connectivity index (χ0) is 14.9. The van der Waals surface area contributed by atoms with Crippen LogP contribution in [0.1, 0.15) is 50.2 Å². The van der Waals surface area contributed by atoms with Crippen LogP contribution in [0.25, 0.3) is 0 Å². The first-order chi connectivity index (χ1) is 10.3. The summed E-state index contributed by atoms with van der Waals surface area (Å²) in [7, 11) is 0. The van der Waals surface area contributed by atoms with Crippen LogP contribution in [0, 0.1) is 0 Å². The van der Waals surface area contributed by atoms with Crippen molar-refractivity contribution >= 4 is 5.91 Å². The van der Waals surface area contributed by atoms with E-state index in [1.807, 2.05) is 12.1 Å². The van der Waals surface area contributed by atoms with E-state index in [1.54, 1.807) is 0 Å². The first kappa shape index (κ1) is 16.0. The summed E-state index contributed by atoms with van der Waals surface area (Å²) in [5.74, 6) is 0.0973. The molecule has 1 saturated carbocycles. The van der Waals surface area contributed by atoms with E-state index in [4.69, 9.17) is 4.74 Å². The molecule has 1 amide bonds. The van der Waals surface area contributed by atoms with Crippen molar-refractivity contribution in [1.29, 1.82) is 0 Å². The third-order valence-electron chi connectivity index (χ3n) is 4.09. The van der Waals surface area contributed by atoms with Gasteiger partial charge in [0.05, 0.1) is 12.5 Å². The van der Waals surface area contributed by atoms with Crippen LogP contribution in [0.3, 0.4) is 0 Å². The van der Waals surface area contributed by atoms with E-state index in [-0.39, 0.29) is 5.91 Å². The van der Waals surface area contributed by atoms with Crippen molar-refractivity contribution in [3.05, 3.63) is 35.4 Å². The quantitative estimate of drug-likeness (QED) is 0.746. The molecule has 0 atom stereocenters. The second-order valence-electron chi connectivity index (χ2n) is 5.83. The SMILES string of the molecule is CCc1ccc(CC(=O)NCCCOC2CCCC2)cc1. The number of rotatable bonds is 8. The van der Waals surface area contributed by atoms with Crippen LogP contribution >= 0.6 is 0 Å². The highest BCUT2D eigenvalue weighted by Gasteiger charge is 2.14. The van der Waals surface area contributed by atoms with Crippen LogP contribution in [0.2, 0.25) is 0 Å². The fraction of sp³-hybridized carbons (Fsp3) is 0.611. The maximum atomic E-state index is 11.8. The van der Waals surface area contributed by atoms with E-state index >= 15 is 0 Å². The van der Waals surface area contributed by atoms with Crippen LogP contribution in [-0.2, 0) is 22.4 Å². The minimum absolute atomic E-state index is 0.0973. The molecular weight excluding hydrogens is 262 g/mol. The predicted octanol–water partition coefficient (Wildman–Crippen LogP) is 3.26. The average Bonchev–Trinajstić information content (AvgIpc) is 3.01. The lowest BCUT2D eigenvalue weighted by molar-refractivity contribution is -0.120. The normalized spacial score (nSPS) is 15.3. The largest absolute Gasteiger partial charge is 0.378 e. The maximum Gasteiger partial charge on any atom is 0.224 e. The molecule has 2 rings (SSSR count). The van der Waals surface area contributed by atoms with Gasteiger partial charge in [-0.05, 0) is 36.8 Å². The minimum Gasteiger partial charge on any atom is -0.378 e. The Kier molecular flexibility index (Phi) is 6.74. The maximum absolute atomic E-state index is 11.8. The van der Waals surface area contributed by atoms with Gasteiger partial charge in [0.2, 0.25) is 5.91 Å². The highest BCUT2D eigenvalue weighted by molar-refractivity contribution is 5.78. The summed E-state index contributed by atoms with van der Waals surface area (Å²) in [6.45, 7) is 3.60. The Morgan fingerprint density at radius 1 is 1.19 bits per heavy atom. The van der Waals surface area contributed by atoms with Crippen molar-refractivity contribution in [2.45, 2.75) is 58.0 Å². The van der Waals surface area contributed by atoms with Crippen LogP contribution in [0.4, 0.5) is 0 Å². The molecule has 0 bridgehead atoms. The van der Waals surface area contributed by atoms with E-state index in [0.29, 0.717) is 19.1 Å². The molecule has 1 N–H and O–H groups in total. The number of carbonyl (C=O) groups is 1. The van der Waals surface area contributed by atoms with Crippen molar-refractivity contribution in [2.24, 2.45) is 0 Å². The number of nitrogens with one attached hydrogen (secondary N) is 1. The van der Waals surface area contributed by atoms with Crippen molar-refractivity contribution in [3.63, 3.8) is 0 Å². The number of hydrogen-bond donors (Lipinski definition) is 1. The van der Waals surface area contributed by atoms with Crippen LogP contribution in [-0.4, -0.2) is 25.2 Å². The van der Waals surface area contributed by atoms with Crippen LogP contribution in [0.5, 0.6) is 0 Å². The number of benzene rings is 1. The van der Waals surface area contributed by atoms with Gasteiger partial charge < -0.3 is 10.1 Å². The van der Waals surface area contributed by atoms with E-state index in [2.05, 4.69) is 24.4 Å². The number of carbonyl (C=O) groups excluding carboxylic acids is 1. The van der Waals surface area contributed by atoms with E-state index in [1.165, 1.54) is 31.2 Å². The highest BCUT2D eigenvalue weighted by Crippen LogP contribution is 2.20. The molecule has 0 heterocycles. The number of amides is 1. The molecule has 0 aromatic heterocycles. The Morgan fingerprint density at radius 2 is 1.86 bits per heavy atom. The molecule has 1 aromatic rings. The summed E-state index contributed by atoms with van der Waals surface area (Å²) in [4.78, 5) is 11.8. The van der Waals surface area contributed by atoms with Gasteiger partial charge in [0, 0.05) is 13.2 Å². The highest BCUT2D eigenvalue weighted by atomic mass is 16.5. The van der Waals surface area contributed by atoms with Gasteiger partial charge in [0.1, 0.15) is 0 Å². The standard InChI is InChI=1S/C18H27NO2/c1-2-15-8-10-16(11-9-15)14-18(20)19-12-5-13-21-17-6-3-4-7-17/h8-11,17H,2-7,12-14H2,1H3,(H,19,20). The minimum atomic E-state index is 0.0973. The Bertz CT molecular complexity index is 421. The molecule has 0 radical (unpaired) electrons. The second kappa shape index (κ2) is 8.83.